The van der Waals surface area contributed by atoms with Gasteiger partial charge in [0.2, 0.25) is 0 Å². The molecule has 106 valence electrons. The van der Waals surface area contributed by atoms with Crippen LogP contribution in [-0.4, -0.2) is 11.2 Å². The molecule has 0 bridgehead atoms. The van der Waals surface area contributed by atoms with Crippen LogP contribution in [0.15, 0.2) is 36.4 Å². The average molecular weight is 334 g/mol. The zero-order chi connectivity index (χ0) is 14.7. The fourth-order valence-corrected chi connectivity index (χ4v) is 2.62. The smallest absolute Gasteiger partial charge is 0.127 e. The van der Waals surface area contributed by atoms with Crippen molar-refractivity contribution < 1.29 is 9.50 Å². The molecule has 5 heteroatoms. The van der Waals surface area contributed by atoms with Crippen molar-refractivity contribution in [2.45, 2.75) is 18.9 Å². The van der Waals surface area contributed by atoms with Crippen LogP contribution in [0, 0.1) is 5.82 Å². The minimum Gasteiger partial charge on any atom is -0.392 e. The Morgan fingerprint density at radius 1 is 1.00 bits per heavy atom. The predicted octanol–water partition coefficient (Wildman–Crippen LogP) is 4.93. The van der Waals surface area contributed by atoms with E-state index >= 15 is 0 Å². The van der Waals surface area contributed by atoms with Gasteiger partial charge >= 0.3 is 0 Å². The van der Waals surface area contributed by atoms with Gasteiger partial charge in [-0.05, 0) is 35.9 Å². The van der Waals surface area contributed by atoms with Gasteiger partial charge < -0.3 is 5.11 Å². The highest BCUT2D eigenvalue weighted by Crippen LogP contribution is 2.25. The van der Waals surface area contributed by atoms with Gasteiger partial charge in [0.1, 0.15) is 5.82 Å². The van der Waals surface area contributed by atoms with Gasteiger partial charge in [-0.25, -0.2) is 4.39 Å². The molecule has 1 nitrogen and oxygen atoms in total. The number of hydrogen-bond donors (Lipinski definition) is 1. The Bertz CT molecular complexity index is 596. The van der Waals surface area contributed by atoms with Gasteiger partial charge in [0.25, 0.3) is 0 Å². The maximum atomic E-state index is 13.7. The summed E-state index contributed by atoms with van der Waals surface area (Å²) in [5.74, 6) is -0.422. The number of benzene rings is 2. The monoisotopic (exact) mass is 332 g/mol. The maximum absolute atomic E-state index is 13.7. The molecule has 2 aromatic rings. The molecule has 2 aromatic carbocycles. The van der Waals surface area contributed by atoms with E-state index in [1.807, 2.05) is 0 Å². The summed E-state index contributed by atoms with van der Waals surface area (Å²) in [7, 11) is 0. The van der Waals surface area contributed by atoms with Crippen molar-refractivity contribution in [3.8, 4) is 0 Å². The van der Waals surface area contributed by atoms with Crippen LogP contribution in [0.25, 0.3) is 0 Å². The van der Waals surface area contributed by atoms with Crippen molar-refractivity contribution in [1.82, 2.24) is 0 Å². The second kappa shape index (κ2) is 6.77. The minimum atomic E-state index is -0.791. The molecule has 1 N–H and O–H groups in total. The van der Waals surface area contributed by atoms with Gasteiger partial charge in [-0.15, -0.1) is 0 Å². The van der Waals surface area contributed by atoms with Gasteiger partial charge in [-0.1, -0.05) is 40.9 Å². The Balaban J connectivity index is 2.13. The lowest BCUT2D eigenvalue weighted by molar-refractivity contribution is 0.174. The second-order valence-electron chi connectivity index (χ2n) is 4.50. The SMILES string of the molecule is OC(Cc1cc(Cl)ccc1Cl)Cc1c(F)cccc1Cl. The largest absolute Gasteiger partial charge is 0.392 e. The fourth-order valence-electron chi connectivity index (χ4n) is 1.99. The number of aliphatic hydroxyl groups excluding tert-OH is 1. The van der Waals surface area contributed by atoms with Crippen molar-refractivity contribution in [3.05, 3.63) is 68.4 Å². The van der Waals surface area contributed by atoms with Gasteiger partial charge in [0.05, 0.1) is 6.10 Å². The third-order valence-electron chi connectivity index (χ3n) is 2.96. The highest BCUT2D eigenvalue weighted by Gasteiger charge is 2.14. The number of halogens is 4. The summed E-state index contributed by atoms with van der Waals surface area (Å²) in [4.78, 5) is 0. The van der Waals surface area contributed by atoms with E-state index in [0.29, 0.717) is 20.6 Å². The van der Waals surface area contributed by atoms with Crippen LogP contribution in [0.5, 0.6) is 0 Å². The summed E-state index contributed by atoms with van der Waals surface area (Å²) >= 11 is 17.9. The third-order valence-corrected chi connectivity index (χ3v) is 3.92. The Kier molecular flexibility index (Phi) is 5.28. The molecule has 0 heterocycles. The minimum absolute atomic E-state index is 0.119. The molecule has 1 unspecified atom stereocenters. The van der Waals surface area contributed by atoms with Crippen molar-refractivity contribution in [2.24, 2.45) is 0 Å². The molecule has 1 atom stereocenters. The van der Waals surface area contributed by atoms with Crippen LogP contribution in [0.2, 0.25) is 15.1 Å². The van der Waals surface area contributed by atoms with Crippen LogP contribution in [-0.2, 0) is 12.8 Å². The Labute approximate surface area is 131 Å². The molecule has 2 rings (SSSR count). The van der Waals surface area contributed by atoms with Crippen molar-refractivity contribution in [1.29, 1.82) is 0 Å². The maximum Gasteiger partial charge on any atom is 0.127 e. The normalized spacial score (nSPS) is 12.4. The van der Waals surface area contributed by atoms with Gasteiger partial charge in [0.15, 0.2) is 0 Å². The highest BCUT2D eigenvalue weighted by molar-refractivity contribution is 6.33. The van der Waals surface area contributed by atoms with E-state index in [0.717, 1.165) is 5.56 Å². The molecule has 0 amide bonds. The molecule has 0 aliphatic carbocycles. The molecule has 0 radical (unpaired) electrons. The van der Waals surface area contributed by atoms with Crippen LogP contribution >= 0.6 is 34.8 Å². The molecule has 0 saturated heterocycles. The van der Waals surface area contributed by atoms with E-state index in [-0.39, 0.29) is 12.8 Å². The number of hydrogen-bond acceptors (Lipinski definition) is 1. The van der Waals surface area contributed by atoms with Gasteiger partial charge in [-0.3, -0.25) is 0 Å². The fraction of sp³-hybridized carbons (Fsp3) is 0.200. The molecule has 0 fully saturated rings. The number of aliphatic hydroxyl groups is 1. The highest BCUT2D eigenvalue weighted by atomic mass is 35.5. The summed E-state index contributed by atoms with van der Waals surface area (Å²) < 4.78 is 13.7. The van der Waals surface area contributed by atoms with E-state index in [9.17, 15) is 9.50 Å². The first-order valence-corrected chi connectivity index (χ1v) is 7.15. The Morgan fingerprint density at radius 2 is 1.75 bits per heavy atom. The first-order chi connectivity index (χ1) is 9.47. The van der Waals surface area contributed by atoms with E-state index in [2.05, 4.69) is 0 Å². The van der Waals surface area contributed by atoms with Crippen molar-refractivity contribution in [2.75, 3.05) is 0 Å². The van der Waals surface area contributed by atoms with Crippen LogP contribution < -0.4 is 0 Å². The average Bonchev–Trinajstić information content (AvgIpc) is 2.38. The van der Waals surface area contributed by atoms with E-state index in [4.69, 9.17) is 34.8 Å². The summed E-state index contributed by atoms with van der Waals surface area (Å²) in [6.45, 7) is 0. The summed E-state index contributed by atoms with van der Waals surface area (Å²) in [5.41, 5.74) is 1.03. The second-order valence-corrected chi connectivity index (χ2v) is 5.75. The van der Waals surface area contributed by atoms with E-state index in [1.165, 1.54) is 12.1 Å². The topological polar surface area (TPSA) is 20.2 Å². The summed E-state index contributed by atoms with van der Waals surface area (Å²) in [6, 6.07) is 9.48. The first-order valence-electron chi connectivity index (χ1n) is 6.02. The molecule has 0 aliphatic rings. The standard InChI is InChI=1S/C15H12Cl3FO/c16-10-4-5-13(17)9(6-10)7-11(20)8-12-14(18)2-1-3-15(12)19/h1-6,11,20H,7-8H2. The first kappa shape index (κ1) is 15.6. The molecule has 20 heavy (non-hydrogen) atoms. The Morgan fingerprint density at radius 3 is 2.45 bits per heavy atom. The lowest BCUT2D eigenvalue weighted by Gasteiger charge is -2.13. The van der Waals surface area contributed by atoms with Crippen molar-refractivity contribution >= 4 is 34.8 Å². The zero-order valence-corrected chi connectivity index (χ0v) is 12.7. The lowest BCUT2D eigenvalue weighted by Crippen LogP contribution is -2.15. The van der Waals surface area contributed by atoms with Crippen LogP contribution in [0.3, 0.4) is 0 Å². The lowest BCUT2D eigenvalue weighted by atomic mass is 10.0. The van der Waals surface area contributed by atoms with Gasteiger partial charge in [0, 0.05) is 33.5 Å². The van der Waals surface area contributed by atoms with E-state index < -0.39 is 11.9 Å². The van der Waals surface area contributed by atoms with Gasteiger partial charge in [-0.2, -0.15) is 0 Å². The third kappa shape index (κ3) is 3.86. The molecular weight excluding hydrogens is 322 g/mol. The molecule has 0 aromatic heterocycles. The molecular formula is C15H12Cl3FO. The van der Waals surface area contributed by atoms with Crippen molar-refractivity contribution in [3.63, 3.8) is 0 Å². The predicted molar refractivity (Wildman–Crippen MR) is 81.3 cm³/mol. The van der Waals surface area contributed by atoms with E-state index in [1.54, 1.807) is 24.3 Å². The zero-order valence-electron chi connectivity index (χ0n) is 10.4. The summed E-state index contributed by atoms with van der Waals surface area (Å²) in [6.07, 6.45) is -0.390. The Hall–Kier alpha value is -0.800. The summed E-state index contributed by atoms with van der Waals surface area (Å²) in [5, 5.41) is 11.5. The van der Waals surface area contributed by atoms with Crippen LogP contribution in [0.4, 0.5) is 4.39 Å². The molecule has 0 aliphatic heterocycles. The number of rotatable bonds is 4. The van der Waals surface area contributed by atoms with Crippen LogP contribution in [0.1, 0.15) is 11.1 Å². The molecule has 0 spiro atoms. The molecule has 0 saturated carbocycles. The quantitative estimate of drug-likeness (QED) is 0.841.